The molecule has 0 amide bonds. The average molecular weight is 482 g/mol. The van der Waals surface area contributed by atoms with E-state index in [1.807, 2.05) is 45.9 Å². The van der Waals surface area contributed by atoms with Crippen molar-refractivity contribution >= 4 is 27.9 Å². The molecule has 1 aliphatic rings. The van der Waals surface area contributed by atoms with E-state index < -0.39 is 0 Å². The van der Waals surface area contributed by atoms with E-state index in [9.17, 15) is 0 Å². The Balaban J connectivity index is 0.000000618. The smallest absolute Gasteiger partial charge is 0.185 e. The SMILES string of the molecule is C=C(Nc1ccccc1)c1cc(C)cn1Cc1csc(N2CCCCC2C)n1.CC.CC(C)N. The lowest BCUT2D eigenvalue weighted by Gasteiger charge is -2.33. The number of benzene rings is 1. The highest BCUT2D eigenvalue weighted by atomic mass is 32.1. The summed E-state index contributed by atoms with van der Waals surface area (Å²) < 4.78 is 2.24. The van der Waals surface area contributed by atoms with Crippen molar-refractivity contribution in [1.29, 1.82) is 0 Å². The molecule has 0 radical (unpaired) electrons. The normalized spacial score (nSPS) is 15.2. The summed E-state index contributed by atoms with van der Waals surface area (Å²) in [6.07, 6.45) is 6.04. The Hall–Kier alpha value is -2.57. The van der Waals surface area contributed by atoms with E-state index in [0.29, 0.717) is 12.1 Å². The fourth-order valence-corrected chi connectivity index (χ4v) is 4.81. The highest BCUT2D eigenvalue weighted by molar-refractivity contribution is 7.13. The fraction of sp³-hybridized carbons (Fsp3) is 0.464. The van der Waals surface area contributed by atoms with Crippen LogP contribution in [0.5, 0.6) is 0 Å². The Bertz CT molecular complexity index is 987. The first-order valence-corrected chi connectivity index (χ1v) is 13.4. The van der Waals surface area contributed by atoms with E-state index in [4.69, 9.17) is 10.7 Å². The standard InChI is InChI=1S/C23H28N4S.C3H9N.C2H6/c1-17-13-22(19(3)24-20-10-5-4-6-11-20)26(14-17)15-21-16-28-23(25-21)27-12-8-7-9-18(27)2;1-3(2)4;1-2/h4-6,10-11,13-14,16,18,24H,3,7-9,12,15H2,1-2H3;3H,4H2,1-2H3;1-2H3. The van der Waals surface area contributed by atoms with Gasteiger partial charge in [0.05, 0.1) is 23.6 Å². The van der Waals surface area contributed by atoms with Gasteiger partial charge in [0.25, 0.3) is 0 Å². The number of hydrogen-bond donors (Lipinski definition) is 2. The van der Waals surface area contributed by atoms with Crippen molar-refractivity contribution in [1.82, 2.24) is 9.55 Å². The third-order valence-electron chi connectivity index (χ3n) is 5.33. The number of piperidine rings is 1. The number of aromatic nitrogens is 2. The zero-order chi connectivity index (χ0) is 25.1. The Morgan fingerprint density at radius 1 is 1.24 bits per heavy atom. The summed E-state index contributed by atoms with van der Waals surface area (Å²) in [4.78, 5) is 7.41. The minimum absolute atomic E-state index is 0.333. The van der Waals surface area contributed by atoms with Gasteiger partial charge < -0.3 is 20.5 Å². The van der Waals surface area contributed by atoms with Gasteiger partial charge >= 0.3 is 0 Å². The van der Waals surface area contributed by atoms with Gasteiger partial charge in [-0.15, -0.1) is 11.3 Å². The van der Waals surface area contributed by atoms with Crippen molar-refractivity contribution in [2.45, 2.75) is 79.4 Å². The lowest BCUT2D eigenvalue weighted by atomic mass is 10.1. The molecule has 6 heteroatoms. The third-order valence-corrected chi connectivity index (χ3v) is 6.26. The van der Waals surface area contributed by atoms with Gasteiger partial charge in [-0.3, -0.25) is 0 Å². The number of nitrogens with one attached hydrogen (secondary N) is 1. The van der Waals surface area contributed by atoms with Crippen LogP contribution in [-0.2, 0) is 6.54 Å². The molecule has 0 spiro atoms. The van der Waals surface area contributed by atoms with Crippen LogP contribution in [0.2, 0.25) is 0 Å². The Morgan fingerprint density at radius 3 is 2.56 bits per heavy atom. The van der Waals surface area contributed by atoms with Crippen LogP contribution in [0.15, 0.2) is 54.6 Å². The molecule has 1 saturated heterocycles. The fourth-order valence-electron chi connectivity index (χ4n) is 3.86. The van der Waals surface area contributed by atoms with Crippen molar-refractivity contribution in [3.05, 3.63) is 71.5 Å². The molecule has 4 rings (SSSR count). The summed E-state index contributed by atoms with van der Waals surface area (Å²) in [5.41, 5.74) is 10.5. The zero-order valence-corrected chi connectivity index (χ0v) is 22.7. The van der Waals surface area contributed by atoms with Crippen molar-refractivity contribution in [3.8, 4) is 0 Å². The van der Waals surface area contributed by atoms with Gasteiger partial charge in [-0.05, 0) is 62.9 Å². The van der Waals surface area contributed by atoms with Crippen LogP contribution in [0.1, 0.15) is 70.8 Å². The molecule has 34 heavy (non-hydrogen) atoms. The Morgan fingerprint density at radius 2 is 1.91 bits per heavy atom. The minimum atomic E-state index is 0.333. The highest BCUT2D eigenvalue weighted by Gasteiger charge is 2.21. The summed E-state index contributed by atoms with van der Waals surface area (Å²) in [7, 11) is 0. The molecular formula is C28H43N5S. The largest absolute Gasteiger partial charge is 0.354 e. The molecular weight excluding hydrogens is 438 g/mol. The molecule has 2 aromatic heterocycles. The molecule has 3 N–H and O–H groups in total. The van der Waals surface area contributed by atoms with Gasteiger partial charge in [0.1, 0.15) is 0 Å². The Labute approximate surface area is 210 Å². The number of para-hydroxylation sites is 1. The van der Waals surface area contributed by atoms with E-state index in [2.05, 4.69) is 65.0 Å². The van der Waals surface area contributed by atoms with E-state index in [1.54, 1.807) is 11.3 Å². The molecule has 1 unspecified atom stereocenters. The number of hydrogen-bond acceptors (Lipinski definition) is 5. The van der Waals surface area contributed by atoms with Crippen LogP contribution in [-0.4, -0.2) is 28.2 Å². The predicted octanol–water partition coefficient (Wildman–Crippen LogP) is 7.14. The third kappa shape index (κ3) is 8.33. The molecule has 186 valence electrons. The molecule has 5 nitrogen and oxygen atoms in total. The molecule has 1 fully saturated rings. The lowest BCUT2D eigenvalue weighted by Crippen LogP contribution is -2.37. The van der Waals surface area contributed by atoms with Crippen LogP contribution in [0.3, 0.4) is 0 Å². The topological polar surface area (TPSA) is 59.1 Å². The summed E-state index contributed by atoms with van der Waals surface area (Å²) in [6, 6.07) is 13.3. The van der Waals surface area contributed by atoms with Crippen molar-refractivity contribution in [2.24, 2.45) is 5.73 Å². The lowest BCUT2D eigenvalue weighted by molar-refractivity contribution is 0.484. The number of thiazole rings is 1. The number of aryl methyl sites for hydroxylation is 1. The molecule has 0 aliphatic carbocycles. The number of nitrogens with zero attached hydrogens (tertiary/aromatic N) is 3. The molecule has 0 bridgehead atoms. The summed E-state index contributed by atoms with van der Waals surface area (Å²) in [5.74, 6) is 0. The minimum Gasteiger partial charge on any atom is -0.354 e. The number of nitrogens with two attached hydrogens (primary N) is 1. The Kier molecular flexibility index (Phi) is 11.4. The van der Waals surface area contributed by atoms with E-state index in [1.165, 1.54) is 24.8 Å². The maximum atomic E-state index is 5.11. The second-order valence-electron chi connectivity index (χ2n) is 8.90. The van der Waals surface area contributed by atoms with Gasteiger partial charge in [0.15, 0.2) is 5.13 Å². The number of anilines is 2. The number of rotatable bonds is 6. The van der Waals surface area contributed by atoms with Crippen molar-refractivity contribution < 1.29 is 0 Å². The molecule has 3 aromatic rings. The van der Waals surface area contributed by atoms with Gasteiger partial charge in [-0.25, -0.2) is 4.98 Å². The zero-order valence-electron chi connectivity index (χ0n) is 21.8. The van der Waals surface area contributed by atoms with Gasteiger partial charge in [0.2, 0.25) is 0 Å². The average Bonchev–Trinajstić information content (AvgIpc) is 3.42. The first-order chi connectivity index (χ1) is 16.3. The maximum absolute atomic E-state index is 5.11. The van der Waals surface area contributed by atoms with Crippen LogP contribution in [0, 0.1) is 6.92 Å². The van der Waals surface area contributed by atoms with Crippen molar-refractivity contribution in [2.75, 3.05) is 16.8 Å². The highest BCUT2D eigenvalue weighted by Crippen LogP contribution is 2.28. The maximum Gasteiger partial charge on any atom is 0.185 e. The van der Waals surface area contributed by atoms with Gasteiger partial charge in [-0.2, -0.15) is 0 Å². The summed E-state index contributed by atoms with van der Waals surface area (Å²) >= 11 is 1.77. The van der Waals surface area contributed by atoms with Crippen LogP contribution in [0.25, 0.3) is 5.70 Å². The second-order valence-corrected chi connectivity index (χ2v) is 9.74. The molecule has 1 atom stereocenters. The van der Waals surface area contributed by atoms with Crippen molar-refractivity contribution in [3.63, 3.8) is 0 Å². The second kappa shape index (κ2) is 14.0. The van der Waals surface area contributed by atoms with E-state index >= 15 is 0 Å². The predicted molar refractivity (Wildman–Crippen MR) is 151 cm³/mol. The first kappa shape index (κ1) is 27.7. The quantitative estimate of drug-likeness (QED) is 0.393. The van der Waals surface area contributed by atoms with Crippen LogP contribution >= 0.6 is 11.3 Å². The van der Waals surface area contributed by atoms with E-state index in [-0.39, 0.29) is 0 Å². The molecule has 0 saturated carbocycles. The van der Waals surface area contributed by atoms with Crippen LogP contribution in [0.4, 0.5) is 10.8 Å². The van der Waals surface area contributed by atoms with Gasteiger partial charge in [0, 0.05) is 29.9 Å². The molecule has 3 heterocycles. The molecule has 1 aliphatic heterocycles. The van der Waals surface area contributed by atoms with Crippen LogP contribution < -0.4 is 16.0 Å². The van der Waals surface area contributed by atoms with E-state index in [0.717, 1.165) is 41.0 Å². The monoisotopic (exact) mass is 481 g/mol. The summed E-state index contributed by atoms with van der Waals surface area (Å²) in [6.45, 7) is 18.5. The summed E-state index contributed by atoms with van der Waals surface area (Å²) in [5, 5.41) is 6.78. The first-order valence-electron chi connectivity index (χ1n) is 12.5. The molecule has 1 aromatic carbocycles. The van der Waals surface area contributed by atoms with Gasteiger partial charge in [-0.1, -0.05) is 52.5 Å².